The van der Waals surface area contributed by atoms with Gasteiger partial charge in [-0.25, -0.2) is 18.9 Å². The number of aryl methyl sites for hydroxylation is 1. The van der Waals surface area contributed by atoms with Crippen molar-refractivity contribution in [2.75, 3.05) is 65.5 Å². The number of ether oxygens (including phenoxy) is 2. The van der Waals surface area contributed by atoms with E-state index in [1.807, 2.05) is 41.5 Å². The van der Waals surface area contributed by atoms with E-state index in [2.05, 4.69) is 20.1 Å². The van der Waals surface area contributed by atoms with Crippen LogP contribution in [0.2, 0.25) is 0 Å². The van der Waals surface area contributed by atoms with E-state index in [4.69, 9.17) is 9.47 Å². The average Bonchev–Trinajstić information content (AvgIpc) is 3.44. The number of likely N-dealkylation sites (N-methyl/N-ethyl adjacent to an activating group) is 1. The Morgan fingerprint density at radius 3 is 2.42 bits per heavy atom. The van der Waals surface area contributed by atoms with Crippen LogP contribution in [0, 0.1) is 13.8 Å². The van der Waals surface area contributed by atoms with Gasteiger partial charge in [-0.15, -0.1) is 0 Å². The van der Waals surface area contributed by atoms with E-state index in [1.54, 1.807) is 24.8 Å². The molecule has 266 valence electrons. The lowest BCUT2D eigenvalue weighted by atomic mass is 9.84. The van der Waals surface area contributed by atoms with E-state index >= 15 is 0 Å². The summed E-state index contributed by atoms with van der Waals surface area (Å²) < 4.78 is 25.4. The zero-order valence-electron chi connectivity index (χ0n) is 29.7. The molecule has 0 aromatic carbocycles. The first kappa shape index (κ1) is 37.3. The summed E-state index contributed by atoms with van der Waals surface area (Å²) in [4.78, 5) is 50.3. The molecule has 0 spiro atoms. The molecule has 2 atom stereocenters. The number of carbonyl (C=O) groups is 3. The molecule has 0 radical (unpaired) electrons. The molecule has 2 saturated heterocycles. The Morgan fingerprint density at radius 2 is 1.79 bits per heavy atom. The van der Waals surface area contributed by atoms with Gasteiger partial charge in [0.1, 0.15) is 24.3 Å². The van der Waals surface area contributed by atoms with Crippen LogP contribution in [0.4, 0.5) is 14.0 Å². The summed E-state index contributed by atoms with van der Waals surface area (Å²) in [6.45, 7) is 20.0. The van der Waals surface area contributed by atoms with E-state index in [0.29, 0.717) is 79.4 Å². The van der Waals surface area contributed by atoms with Crippen molar-refractivity contribution in [2.45, 2.75) is 79.2 Å². The number of carbonyl (C=O) groups excluding carboxylic acids is 3. The Labute approximate surface area is 283 Å². The van der Waals surface area contributed by atoms with Gasteiger partial charge in [-0.2, -0.15) is 0 Å². The predicted octanol–water partition coefficient (Wildman–Crippen LogP) is 4.35. The molecule has 3 aliphatic rings. The minimum Gasteiger partial charge on any atom is -0.448 e. The highest BCUT2D eigenvalue weighted by atomic mass is 19.1. The summed E-state index contributed by atoms with van der Waals surface area (Å²) in [6, 6.07) is 0. The van der Waals surface area contributed by atoms with Crippen LogP contribution in [-0.4, -0.2) is 131 Å². The number of rotatable bonds is 10. The number of nitrogens with zero attached hydrogens (tertiary/aromatic N) is 4. The number of aromatic nitrogens is 1. The van der Waals surface area contributed by atoms with Crippen LogP contribution in [0.5, 0.6) is 0 Å². The number of aliphatic hydroxyl groups excluding tert-OH is 1. The van der Waals surface area contributed by atoms with E-state index in [-0.39, 0.29) is 25.1 Å². The fourth-order valence-corrected chi connectivity index (χ4v) is 6.40. The number of fused-ring (bicyclic) bond motifs is 1. The predicted molar refractivity (Wildman–Crippen MR) is 182 cm³/mol. The number of amides is 3. The van der Waals surface area contributed by atoms with Gasteiger partial charge < -0.3 is 29.4 Å². The van der Waals surface area contributed by atoms with Crippen molar-refractivity contribution in [3.63, 3.8) is 0 Å². The number of H-pyrrole nitrogens is 1. The van der Waals surface area contributed by atoms with Crippen molar-refractivity contribution in [3.8, 4) is 0 Å². The first-order valence-electron chi connectivity index (χ1n) is 16.9. The highest BCUT2D eigenvalue weighted by molar-refractivity contribution is 6.05. The second-order valence-corrected chi connectivity index (χ2v) is 13.9. The van der Waals surface area contributed by atoms with Crippen molar-refractivity contribution in [1.82, 2.24) is 29.9 Å². The van der Waals surface area contributed by atoms with Crippen LogP contribution in [0.1, 0.15) is 75.3 Å². The van der Waals surface area contributed by atoms with Gasteiger partial charge in [0, 0.05) is 68.3 Å². The molecule has 2 unspecified atom stereocenters. The summed E-state index contributed by atoms with van der Waals surface area (Å²) in [5.41, 5.74) is 2.14. The van der Waals surface area contributed by atoms with Crippen LogP contribution in [0.15, 0.2) is 29.1 Å². The maximum atomic E-state index is 14.2. The van der Waals surface area contributed by atoms with Gasteiger partial charge in [0.15, 0.2) is 0 Å². The van der Waals surface area contributed by atoms with Gasteiger partial charge in [0.05, 0.1) is 5.56 Å². The molecule has 1 aromatic heterocycles. The molecule has 2 fully saturated rings. The molecule has 3 N–H and O–H groups in total. The molecule has 4 rings (SSSR count). The second kappa shape index (κ2) is 15.4. The van der Waals surface area contributed by atoms with Crippen molar-refractivity contribution < 1.29 is 33.4 Å². The average molecular weight is 673 g/mol. The first-order valence-corrected chi connectivity index (χ1v) is 16.9. The molecule has 0 saturated carbocycles. The van der Waals surface area contributed by atoms with Gasteiger partial charge >= 0.3 is 12.2 Å². The van der Waals surface area contributed by atoms with E-state index < -0.39 is 29.4 Å². The van der Waals surface area contributed by atoms with Crippen molar-refractivity contribution in [2.24, 2.45) is 0 Å². The van der Waals surface area contributed by atoms with E-state index in [0.717, 1.165) is 18.0 Å². The van der Waals surface area contributed by atoms with E-state index in [9.17, 15) is 23.9 Å². The number of piperazine rings is 1. The molecule has 48 heavy (non-hydrogen) atoms. The van der Waals surface area contributed by atoms with Crippen LogP contribution in [0.3, 0.4) is 0 Å². The lowest BCUT2D eigenvalue weighted by Gasteiger charge is -2.35. The minimum atomic E-state index is -1.01. The fourth-order valence-electron chi connectivity index (χ4n) is 6.40. The van der Waals surface area contributed by atoms with Crippen LogP contribution in [0.25, 0.3) is 6.08 Å². The minimum absolute atomic E-state index is 0.0898. The number of hydrogen-bond donors (Lipinski definition) is 3. The monoisotopic (exact) mass is 672 g/mol. The Balaban J connectivity index is 1.46. The topological polar surface area (TPSA) is 131 Å². The van der Waals surface area contributed by atoms with Crippen LogP contribution in [-0.2, 0) is 9.47 Å². The maximum Gasteiger partial charge on any atom is 0.416 e. The zero-order chi connectivity index (χ0) is 35.4. The largest absolute Gasteiger partial charge is 0.448 e. The third kappa shape index (κ3) is 8.73. The number of nitrogens with one attached hydrogen (secondary N) is 2. The molecule has 1 aliphatic carbocycles. The maximum absolute atomic E-state index is 14.2. The summed E-state index contributed by atoms with van der Waals surface area (Å²) >= 11 is 0. The van der Waals surface area contributed by atoms with Gasteiger partial charge in [-0.3, -0.25) is 15.0 Å². The highest BCUT2D eigenvalue weighted by Crippen LogP contribution is 2.41. The van der Waals surface area contributed by atoms with Crippen molar-refractivity contribution in [1.29, 1.82) is 0 Å². The molecule has 3 heterocycles. The lowest BCUT2D eigenvalue weighted by Crippen LogP contribution is -2.50. The molecule has 13 heteroatoms. The van der Waals surface area contributed by atoms with Crippen molar-refractivity contribution in [3.05, 3.63) is 51.6 Å². The Bertz CT molecular complexity index is 1450. The summed E-state index contributed by atoms with van der Waals surface area (Å²) in [7, 11) is 0. The zero-order valence-corrected chi connectivity index (χ0v) is 29.7. The second-order valence-electron chi connectivity index (χ2n) is 13.9. The van der Waals surface area contributed by atoms with Gasteiger partial charge in [-0.1, -0.05) is 13.8 Å². The molecule has 12 nitrogen and oxygen atoms in total. The Morgan fingerprint density at radius 1 is 1.12 bits per heavy atom. The number of allylic oxidation sites excluding steroid dienone is 2. The summed E-state index contributed by atoms with van der Waals surface area (Å²) in [6.07, 6.45) is 3.00. The fraction of sp³-hybridized carbons (Fsp3) is 0.629. The van der Waals surface area contributed by atoms with E-state index in [1.165, 1.54) is 12.2 Å². The van der Waals surface area contributed by atoms with Gasteiger partial charge in [-0.05, 0) is 90.4 Å². The third-order valence-electron chi connectivity index (χ3n) is 9.29. The standard InChI is InChI=1S/C35H53FN6O6/c1-9-39(10-2)15-18-42(33(46)47-20-19-40-13-16-41(17-14-40)32(45)48-34(5,6)7)31(44)29-23(3)28(37-24(29)4)22-26-27-21-25(36)11-12-35(27,8)38-30(26)43/h11,21-22,30,37-38,43H,9-10,12-20H2,1-8H3/b26-22-. The molecular weight excluding hydrogens is 619 g/mol. The van der Waals surface area contributed by atoms with Crippen LogP contribution >= 0.6 is 0 Å². The molecule has 3 amide bonds. The number of halogens is 1. The Hall–Kier alpha value is -3.52. The first-order chi connectivity index (χ1) is 22.6. The number of aliphatic hydroxyl groups is 1. The highest BCUT2D eigenvalue weighted by Gasteiger charge is 2.43. The molecular formula is C35H53FN6O6. The van der Waals surface area contributed by atoms with Gasteiger partial charge in [0.2, 0.25) is 0 Å². The number of aromatic amines is 1. The SMILES string of the molecule is CCN(CC)CCN(C(=O)OCCN1CCN(C(=O)OC(C)(C)C)CC1)C(=O)c1c(C)[nH]c(/C=C2/C3=CC(F)=CCC3(C)NC2O)c1C. The third-order valence-corrected chi connectivity index (χ3v) is 9.29. The lowest BCUT2D eigenvalue weighted by molar-refractivity contribution is 0.0127. The quantitative estimate of drug-likeness (QED) is 0.332. The number of imide groups is 1. The molecule has 1 aromatic rings. The van der Waals surface area contributed by atoms with Gasteiger partial charge in [0.25, 0.3) is 5.91 Å². The summed E-state index contributed by atoms with van der Waals surface area (Å²) in [5, 5.41) is 14.0. The number of hydrogen-bond acceptors (Lipinski definition) is 9. The Kier molecular flexibility index (Phi) is 11.9. The molecule has 0 bridgehead atoms. The van der Waals surface area contributed by atoms with Crippen molar-refractivity contribution >= 4 is 24.2 Å². The van der Waals surface area contributed by atoms with Crippen LogP contribution < -0.4 is 5.32 Å². The molecule has 2 aliphatic heterocycles. The smallest absolute Gasteiger partial charge is 0.416 e. The normalized spacial score (nSPS) is 22.4. The summed E-state index contributed by atoms with van der Waals surface area (Å²) in [5.74, 6) is -0.834.